The molecule has 3 aromatic rings. The standard InChI is InChI=1S/C21H19ClO6/c1-13(21(24)26-10-9-25-2)28-14-7-8-16-19(11-14)27-12-17(20(16)23)15-5-3-4-6-18(15)22/h3-8,11-13H,9-10H2,1-2H3/t13-/m0/s1. The van der Waals surface area contributed by atoms with Crippen molar-refractivity contribution in [2.45, 2.75) is 13.0 Å². The second kappa shape index (κ2) is 8.91. The Morgan fingerprint density at radius 3 is 2.68 bits per heavy atom. The molecule has 0 aliphatic heterocycles. The summed E-state index contributed by atoms with van der Waals surface area (Å²) in [5, 5.41) is 0.856. The van der Waals surface area contributed by atoms with E-state index in [9.17, 15) is 9.59 Å². The summed E-state index contributed by atoms with van der Waals surface area (Å²) in [6, 6.07) is 11.8. The normalized spacial score (nSPS) is 12.0. The summed E-state index contributed by atoms with van der Waals surface area (Å²) in [7, 11) is 1.52. The average molecular weight is 403 g/mol. The highest BCUT2D eigenvalue weighted by atomic mass is 35.5. The molecule has 1 aromatic heterocycles. The molecule has 0 saturated carbocycles. The van der Waals surface area contributed by atoms with Crippen LogP contribution in [0, 0.1) is 0 Å². The van der Waals surface area contributed by atoms with Gasteiger partial charge in [0.2, 0.25) is 5.43 Å². The van der Waals surface area contributed by atoms with Gasteiger partial charge in [-0.1, -0.05) is 29.8 Å². The van der Waals surface area contributed by atoms with Crippen molar-refractivity contribution in [3.63, 3.8) is 0 Å². The van der Waals surface area contributed by atoms with Gasteiger partial charge in [-0.15, -0.1) is 0 Å². The van der Waals surface area contributed by atoms with Gasteiger partial charge in [0.05, 0.1) is 17.6 Å². The van der Waals surface area contributed by atoms with Crippen LogP contribution in [0.4, 0.5) is 0 Å². The minimum atomic E-state index is -0.816. The highest BCUT2D eigenvalue weighted by Gasteiger charge is 2.17. The van der Waals surface area contributed by atoms with Gasteiger partial charge in [0.15, 0.2) is 6.10 Å². The third kappa shape index (κ3) is 4.35. The molecule has 0 spiro atoms. The van der Waals surface area contributed by atoms with E-state index in [1.807, 2.05) is 0 Å². The summed E-state index contributed by atoms with van der Waals surface area (Å²) in [4.78, 5) is 24.7. The van der Waals surface area contributed by atoms with Crippen molar-refractivity contribution < 1.29 is 23.4 Å². The molecule has 28 heavy (non-hydrogen) atoms. The van der Waals surface area contributed by atoms with Gasteiger partial charge in [0, 0.05) is 23.8 Å². The number of carbonyl (C=O) groups is 1. The zero-order valence-corrected chi connectivity index (χ0v) is 16.2. The number of rotatable bonds is 7. The maximum Gasteiger partial charge on any atom is 0.347 e. The van der Waals surface area contributed by atoms with Gasteiger partial charge in [-0.05, 0) is 25.1 Å². The summed E-state index contributed by atoms with van der Waals surface area (Å²) in [5.41, 5.74) is 1.13. The second-order valence-electron chi connectivity index (χ2n) is 6.04. The van der Waals surface area contributed by atoms with Gasteiger partial charge in [-0.3, -0.25) is 4.79 Å². The van der Waals surface area contributed by atoms with E-state index in [4.69, 9.17) is 30.2 Å². The van der Waals surface area contributed by atoms with Crippen molar-refractivity contribution in [1.29, 1.82) is 0 Å². The Hall–Kier alpha value is -2.83. The van der Waals surface area contributed by atoms with E-state index in [1.54, 1.807) is 49.4 Å². The fourth-order valence-corrected chi connectivity index (χ4v) is 2.88. The summed E-state index contributed by atoms with van der Waals surface area (Å²) < 4.78 is 21.1. The molecule has 0 amide bonds. The Morgan fingerprint density at radius 1 is 1.14 bits per heavy atom. The zero-order chi connectivity index (χ0) is 20.1. The van der Waals surface area contributed by atoms with E-state index in [2.05, 4.69) is 0 Å². The maximum absolute atomic E-state index is 12.8. The third-order valence-electron chi connectivity index (χ3n) is 4.09. The number of hydrogen-bond acceptors (Lipinski definition) is 6. The lowest BCUT2D eigenvalue weighted by atomic mass is 10.1. The monoisotopic (exact) mass is 402 g/mol. The first-order valence-electron chi connectivity index (χ1n) is 8.64. The van der Waals surface area contributed by atoms with E-state index in [1.165, 1.54) is 13.4 Å². The number of ether oxygens (including phenoxy) is 3. The van der Waals surface area contributed by atoms with Crippen LogP contribution < -0.4 is 10.2 Å². The quantitative estimate of drug-likeness (QED) is 0.438. The SMILES string of the molecule is COCCOC(=O)[C@H](C)Oc1ccc2c(=O)c(-c3ccccc3Cl)coc2c1. The van der Waals surface area contributed by atoms with Crippen LogP contribution in [-0.4, -0.2) is 32.4 Å². The zero-order valence-electron chi connectivity index (χ0n) is 15.4. The molecule has 2 aromatic carbocycles. The molecule has 0 N–H and O–H groups in total. The fourth-order valence-electron chi connectivity index (χ4n) is 2.64. The summed E-state index contributed by atoms with van der Waals surface area (Å²) >= 11 is 6.19. The summed E-state index contributed by atoms with van der Waals surface area (Å²) in [6.07, 6.45) is 0.557. The molecule has 0 unspecified atom stereocenters. The first-order chi connectivity index (χ1) is 13.5. The van der Waals surface area contributed by atoms with Gasteiger partial charge in [-0.25, -0.2) is 4.79 Å². The molecule has 7 heteroatoms. The number of esters is 1. The van der Waals surface area contributed by atoms with E-state index < -0.39 is 12.1 Å². The molecule has 6 nitrogen and oxygen atoms in total. The Labute approximate surface area is 166 Å². The van der Waals surface area contributed by atoms with Crippen molar-refractivity contribution in [2.75, 3.05) is 20.3 Å². The molecule has 146 valence electrons. The van der Waals surface area contributed by atoms with Crippen LogP contribution in [0.25, 0.3) is 22.1 Å². The minimum Gasteiger partial charge on any atom is -0.479 e. The van der Waals surface area contributed by atoms with E-state index >= 15 is 0 Å². The van der Waals surface area contributed by atoms with Gasteiger partial charge in [-0.2, -0.15) is 0 Å². The predicted octanol–water partition coefficient (Wildman–Crippen LogP) is 4.07. The van der Waals surface area contributed by atoms with Crippen molar-refractivity contribution in [1.82, 2.24) is 0 Å². The molecule has 0 bridgehead atoms. The molecule has 1 atom stereocenters. The van der Waals surface area contributed by atoms with E-state index in [-0.39, 0.29) is 12.0 Å². The molecule has 0 aliphatic carbocycles. The van der Waals surface area contributed by atoms with Gasteiger partial charge >= 0.3 is 5.97 Å². The highest BCUT2D eigenvalue weighted by molar-refractivity contribution is 6.33. The Kier molecular flexibility index (Phi) is 6.34. The van der Waals surface area contributed by atoms with Crippen LogP contribution in [0.1, 0.15) is 6.92 Å². The first kappa shape index (κ1) is 19.9. The Balaban J connectivity index is 1.83. The molecule has 0 fully saturated rings. The minimum absolute atomic E-state index is 0.153. The van der Waals surface area contributed by atoms with Crippen molar-refractivity contribution >= 4 is 28.5 Å². The van der Waals surface area contributed by atoms with Crippen LogP contribution in [-0.2, 0) is 14.3 Å². The first-order valence-corrected chi connectivity index (χ1v) is 9.01. The topological polar surface area (TPSA) is 75.0 Å². The van der Waals surface area contributed by atoms with Crippen molar-refractivity contribution in [3.8, 4) is 16.9 Å². The van der Waals surface area contributed by atoms with Gasteiger partial charge in [0.25, 0.3) is 0 Å². The molecule has 0 saturated heterocycles. The van der Waals surface area contributed by atoms with E-state index in [0.29, 0.717) is 39.5 Å². The Morgan fingerprint density at radius 2 is 1.93 bits per heavy atom. The molecular weight excluding hydrogens is 384 g/mol. The van der Waals surface area contributed by atoms with Crippen molar-refractivity contribution in [2.24, 2.45) is 0 Å². The Bertz CT molecular complexity index is 1040. The number of hydrogen-bond donors (Lipinski definition) is 0. The molecule has 0 aliphatic rings. The smallest absolute Gasteiger partial charge is 0.347 e. The van der Waals surface area contributed by atoms with Crippen LogP contribution >= 0.6 is 11.6 Å². The molecule has 3 rings (SSSR count). The number of carbonyl (C=O) groups excluding carboxylic acids is 1. The maximum atomic E-state index is 12.8. The molecule has 0 radical (unpaired) electrons. The van der Waals surface area contributed by atoms with Gasteiger partial charge < -0.3 is 18.6 Å². The average Bonchev–Trinajstić information content (AvgIpc) is 2.69. The lowest BCUT2D eigenvalue weighted by Crippen LogP contribution is -2.27. The lowest BCUT2D eigenvalue weighted by molar-refractivity contribution is -0.152. The predicted molar refractivity (Wildman–Crippen MR) is 106 cm³/mol. The van der Waals surface area contributed by atoms with Crippen LogP contribution in [0.2, 0.25) is 5.02 Å². The van der Waals surface area contributed by atoms with Crippen LogP contribution in [0.15, 0.2) is 57.9 Å². The molecule has 1 heterocycles. The summed E-state index contributed by atoms with van der Waals surface area (Å²) in [6.45, 7) is 2.05. The number of halogens is 1. The number of methoxy groups -OCH3 is 1. The third-order valence-corrected chi connectivity index (χ3v) is 4.42. The largest absolute Gasteiger partial charge is 0.479 e. The number of fused-ring (bicyclic) bond motifs is 1. The lowest BCUT2D eigenvalue weighted by Gasteiger charge is -2.14. The number of benzene rings is 2. The van der Waals surface area contributed by atoms with Crippen LogP contribution in [0.3, 0.4) is 0 Å². The second-order valence-corrected chi connectivity index (χ2v) is 6.44. The summed E-state index contributed by atoms with van der Waals surface area (Å²) in [5.74, 6) is -0.120. The van der Waals surface area contributed by atoms with Crippen molar-refractivity contribution in [3.05, 3.63) is 64.0 Å². The van der Waals surface area contributed by atoms with Gasteiger partial charge in [0.1, 0.15) is 24.2 Å². The van der Waals surface area contributed by atoms with Crippen LogP contribution in [0.5, 0.6) is 5.75 Å². The molecular formula is C21H19ClO6. The fraction of sp³-hybridized carbons (Fsp3) is 0.238. The highest BCUT2D eigenvalue weighted by Crippen LogP contribution is 2.28. The van der Waals surface area contributed by atoms with E-state index in [0.717, 1.165) is 0 Å².